The molecular weight excluding hydrogens is 548 g/mol. The summed E-state index contributed by atoms with van der Waals surface area (Å²) < 4.78 is 11.3. The summed E-state index contributed by atoms with van der Waals surface area (Å²) in [5.74, 6) is 0. The van der Waals surface area contributed by atoms with Gasteiger partial charge in [0, 0.05) is 43.9 Å². The first-order valence-electron chi connectivity index (χ1n) is 15.7. The molecule has 3 nitrogen and oxygen atoms in total. The summed E-state index contributed by atoms with van der Waals surface area (Å²) in [7, 11) is 0. The van der Waals surface area contributed by atoms with Crippen molar-refractivity contribution < 1.29 is 4.42 Å². The van der Waals surface area contributed by atoms with Crippen LogP contribution in [0.2, 0.25) is 0 Å². The van der Waals surface area contributed by atoms with E-state index < -0.39 is 0 Å². The lowest BCUT2D eigenvalue weighted by Gasteiger charge is -2.18. The number of benzene rings is 6. The molecule has 0 aliphatic heterocycles. The van der Waals surface area contributed by atoms with Gasteiger partial charge in [0.05, 0.1) is 22.2 Å². The maximum Gasteiger partial charge on any atom is 0.159 e. The summed E-state index contributed by atoms with van der Waals surface area (Å²) in [5, 5.41) is 6.11. The van der Waals surface area contributed by atoms with E-state index in [4.69, 9.17) is 4.42 Å². The topological polar surface area (TPSA) is 23.0 Å². The molecule has 0 spiro atoms. The van der Waals surface area contributed by atoms with Gasteiger partial charge in [-0.1, -0.05) is 91.0 Å². The second kappa shape index (κ2) is 9.35. The number of hydrogen-bond acceptors (Lipinski definition) is 1. The number of para-hydroxylation sites is 5. The lowest BCUT2D eigenvalue weighted by atomic mass is 9.90. The maximum atomic E-state index is 6.49. The molecule has 0 amide bonds. The Labute approximate surface area is 259 Å². The van der Waals surface area contributed by atoms with Crippen LogP contribution in [0.5, 0.6) is 0 Å². The lowest BCUT2D eigenvalue weighted by Crippen LogP contribution is -2.05. The minimum absolute atomic E-state index is 0.917. The molecule has 0 atom stereocenters. The zero-order chi connectivity index (χ0) is 29.5. The molecule has 45 heavy (non-hydrogen) atoms. The first-order chi connectivity index (χ1) is 22.3. The van der Waals surface area contributed by atoms with Gasteiger partial charge in [-0.15, -0.1) is 0 Å². The number of rotatable bonds is 3. The van der Waals surface area contributed by atoms with Gasteiger partial charge in [-0.05, 0) is 78.6 Å². The smallest absolute Gasteiger partial charge is 0.159 e. The largest absolute Gasteiger partial charge is 0.454 e. The van der Waals surface area contributed by atoms with Gasteiger partial charge in [-0.3, -0.25) is 0 Å². The van der Waals surface area contributed by atoms with Crippen molar-refractivity contribution >= 4 is 66.3 Å². The molecule has 1 aliphatic rings. The Kier molecular flexibility index (Phi) is 5.11. The summed E-state index contributed by atoms with van der Waals surface area (Å²) in [5.41, 5.74) is 13.2. The Morgan fingerprint density at radius 1 is 0.489 bits per heavy atom. The summed E-state index contributed by atoms with van der Waals surface area (Å²) in [6.45, 7) is 0. The second-order valence-corrected chi connectivity index (χ2v) is 12.1. The highest BCUT2D eigenvalue weighted by molar-refractivity contribution is 6.13. The third-order valence-corrected chi connectivity index (χ3v) is 9.65. The standard InChI is InChI=1S/C42H28N2O/c1-2-11-29(12-3-1)43-36-17-7-4-13-30(36)34-25-27(21-23-38(34)43)28-22-24-39-35(26-28)31-14-5-8-18-37(31)44(39)40-19-10-16-33-32-15-6-9-20-41(32)45-42(33)40/h1-20,22,24-26H,21,23H2. The highest BCUT2D eigenvalue weighted by Gasteiger charge is 2.23. The van der Waals surface area contributed by atoms with Crippen LogP contribution >= 0.6 is 0 Å². The van der Waals surface area contributed by atoms with Gasteiger partial charge in [0.1, 0.15) is 5.58 Å². The normalized spacial score (nSPS) is 13.3. The molecule has 9 aromatic rings. The molecule has 1 aliphatic carbocycles. The van der Waals surface area contributed by atoms with Crippen molar-refractivity contribution in [3.63, 3.8) is 0 Å². The molecule has 0 saturated carbocycles. The number of furan rings is 1. The third kappa shape index (κ3) is 3.52. The molecule has 0 fully saturated rings. The van der Waals surface area contributed by atoms with Crippen molar-refractivity contribution in [3.05, 3.63) is 156 Å². The van der Waals surface area contributed by atoms with Gasteiger partial charge in [0.15, 0.2) is 5.58 Å². The lowest BCUT2D eigenvalue weighted by molar-refractivity contribution is 0.666. The average Bonchev–Trinajstić information content (AvgIpc) is 3.76. The molecule has 3 heterocycles. The first kappa shape index (κ1) is 24.6. The van der Waals surface area contributed by atoms with Crippen LogP contribution in [0, 0.1) is 0 Å². The number of allylic oxidation sites excluding steroid dienone is 1. The average molecular weight is 577 g/mol. The van der Waals surface area contributed by atoms with E-state index in [1.54, 1.807) is 0 Å². The van der Waals surface area contributed by atoms with E-state index >= 15 is 0 Å². The van der Waals surface area contributed by atoms with E-state index in [0.29, 0.717) is 0 Å². The predicted molar refractivity (Wildman–Crippen MR) is 188 cm³/mol. The number of nitrogens with zero attached hydrogens (tertiary/aromatic N) is 2. The first-order valence-corrected chi connectivity index (χ1v) is 15.7. The van der Waals surface area contributed by atoms with Crippen LogP contribution in [-0.4, -0.2) is 9.13 Å². The van der Waals surface area contributed by atoms with Crippen LogP contribution in [0.4, 0.5) is 0 Å². The SMILES string of the molecule is C1=C(c2ccc3c(c2)c2ccccc2n3-c2cccc3c2oc2ccccc23)CCc2c1c1ccccc1n2-c1ccccc1. The van der Waals surface area contributed by atoms with Crippen LogP contribution in [-0.2, 0) is 6.42 Å². The summed E-state index contributed by atoms with van der Waals surface area (Å²) in [6.07, 6.45) is 4.44. The molecule has 3 aromatic heterocycles. The van der Waals surface area contributed by atoms with Crippen molar-refractivity contribution in [2.24, 2.45) is 0 Å². The van der Waals surface area contributed by atoms with E-state index in [-0.39, 0.29) is 0 Å². The molecule has 0 N–H and O–H groups in total. The Hall–Kier alpha value is -5.80. The fourth-order valence-corrected chi connectivity index (χ4v) is 7.66. The molecular formula is C42H28N2O. The quantitative estimate of drug-likeness (QED) is 0.205. The van der Waals surface area contributed by atoms with Crippen molar-refractivity contribution in [2.75, 3.05) is 0 Å². The predicted octanol–water partition coefficient (Wildman–Crippen LogP) is 11.1. The molecule has 212 valence electrons. The minimum Gasteiger partial charge on any atom is -0.454 e. The van der Waals surface area contributed by atoms with E-state index in [0.717, 1.165) is 40.5 Å². The number of hydrogen-bond donors (Lipinski definition) is 0. The van der Waals surface area contributed by atoms with Crippen molar-refractivity contribution in [3.8, 4) is 11.4 Å². The van der Waals surface area contributed by atoms with Crippen LogP contribution in [0.1, 0.15) is 23.2 Å². The van der Waals surface area contributed by atoms with Crippen LogP contribution in [0.3, 0.4) is 0 Å². The molecule has 0 saturated heterocycles. The summed E-state index contributed by atoms with van der Waals surface area (Å²) in [6, 6.07) is 50.1. The number of aromatic nitrogens is 2. The van der Waals surface area contributed by atoms with Crippen LogP contribution in [0.25, 0.3) is 77.7 Å². The summed E-state index contributed by atoms with van der Waals surface area (Å²) in [4.78, 5) is 0. The van der Waals surface area contributed by atoms with E-state index in [9.17, 15) is 0 Å². The van der Waals surface area contributed by atoms with Crippen molar-refractivity contribution in [1.29, 1.82) is 0 Å². The van der Waals surface area contributed by atoms with E-state index in [2.05, 4.69) is 149 Å². The maximum absolute atomic E-state index is 6.49. The molecule has 3 heteroatoms. The van der Waals surface area contributed by atoms with Gasteiger partial charge < -0.3 is 13.6 Å². The van der Waals surface area contributed by atoms with Gasteiger partial charge in [0.2, 0.25) is 0 Å². The van der Waals surface area contributed by atoms with Gasteiger partial charge >= 0.3 is 0 Å². The minimum atomic E-state index is 0.917. The zero-order valence-corrected chi connectivity index (χ0v) is 24.6. The van der Waals surface area contributed by atoms with Crippen LogP contribution in [0.15, 0.2) is 144 Å². The molecule has 0 bridgehead atoms. The van der Waals surface area contributed by atoms with E-state index in [1.807, 2.05) is 6.07 Å². The van der Waals surface area contributed by atoms with Gasteiger partial charge in [-0.25, -0.2) is 0 Å². The Balaban J connectivity index is 1.18. The van der Waals surface area contributed by atoms with E-state index in [1.165, 1.54) is 60.8 Å². The van der Waals surface area contributed by atoms with Crippen molar-refractivity contribution in [2.45, 2.75) is 12.8 Å². The molecule has 6 aromatic carbocycles. The Morgan fingerprint density at radius 2 is 1.18 bits per heavy atom. The van der Waals surface area contributed by atoms with Gasteiger partial charge in [0.25, 0.3) is 0 Å². The molecule has 10 rings (SSSR count). The van der Waals surface area contributed by atoms with Crippen LogP contribution < -0.4 is 0 Å². The Morgan fingerprint density at radius 3 is 2.04 bits per heavy atom. The second-order valence-electron chi connectivity index (χ2n) is 12.1. The fourth-order valence-electron chi connectivity index (χ4n) is 7.66. The zero-order valence-electron chi connectivity index (χ0n) is 24.6. The number of fused-ring (bicyclic) bond motifs is 9. The highest BCUT2D eigenvalue weighted by Crippen LogP contribution is 2.42. The van der Waals surface area contributed by atoms with Crippen molar-refractivity contribution in [1.82, 2.24) is 9.13 Å². The fraction of sp³-hybridized carbons (Fsp3) is 0.0476. The molecule has 0 unspecified atom stereocenters. The summed E-state index contributed by atoms with van der Waals surface area (Å²) >= 11 is 0. The third-order valence-electron chi connectivity index (χ3n) is 9.65. The highest BCUT2D eigenvalue weighted by atomic mass is 16.3. The Bertz CT molecular complexity index is 2650. The molecule has 0 radical (unpaired) electrons. The monoisotopic (exact) mass is 576 g/mol. The van der Waals surface area contributed by atoms with Gasteiger partial charge in [-0.2, -0.15) is 0 Å².